The lowest BCUT2D eigenvalue weighted by molar-refractivity contribution is -0.127. The van der Waals surface area contributed by atoms with Gasteiger partial charge in [0.05, 0.1) is 23.1 Å². The summed E-state index contributed by atoms with van der Waals surface area (Å²) in [5, 5.41) is 16.7. The highest BCUT2D eigenvalue weighted by molar-refractivity contribution is 7.10. The number of aromatic nitrogens is 4. The summed E-state index contributed by atoms with van der Waals surface area (Å²) in [5.41, 5.74) is 9.09. The van der Waals surface area contributed by atoms with Crippen molar-refractivity contribution >= 4 is 34.1 Å². The third-order valence-corrected chi connectivity index (χ3v) is 6.93. The van der Waals surface area contributed by atoms with Gasteiger partial charge in [-0.3, -0.25) is 4.79 Å². The number of fused-ring (bicyclic) bond motifs is 1. The molecule has 0 bridgehead atoms. The molecule has 4 heterocycles. The van der Waals surface area contributed by atoms with Crippen molar-refractivity contribution in [3.8, 4) is 23.1 Å². The van der Waals surface area contributed by atoms with Crippen molar-refractivity contribution in [2.24, 2.45) is 0 Å². The Kier molecular flexibility index (Phi) is 6.16. The van der Waals surface area contributed by atoms with Crippen LogP contribution in [0.5, 0.6) is 5.75 Å². The zero-order chi connectivity index (χ0) is 24.4. The van der Waals surface area contributed by atoms with Gasteiger partial charge in [-0.05, 0) is 43.2 Å². The predicted octanol–water partition coefficient (Wildman–Crippen LogP) is 3.94. The van der Waals surface area contributed by atoms with Crippen molar-refractivity contribution in [2.45, 2.75) is 25.5 Å². The molecular formula is C25H23N7O2S. The lowest BCUT2D eigenvalue weighted by atomic mass is 10.1. The maximum absolute atomic E-state index is 12.2. The van der Waals surface area contributed by atoms with E-state index in [-0.39, 0.29) is 11.9 Å². The van der Waals surface area contributed by atoms with E-state index in [1.54, 1.807) is 34.4 Å². The quantitative estimate of drug-likeness (QED) is 0.410. The second-order valence-corrected chi connectivity index (χ2v) is 9.26. The van der Waals surface area contributed by atoms with Crippen LogP contribution in [0.25, 0.3) is 22.3 Å². The van der Waals surface area contributed by atoms with Gasteiger partial charge in [-0.15, -0.1) is 11.3 Å². The largest absolute Gasteiger partial charge is 0.488 e. The topological polar surface area (TPSA) is 123 Å². The number of nitrogens with zero attached hydrogens (tertiary/aromatic N) is 6. The number of amides is 1. The molecule has 1 amide bonds. The number of hydrogen-bond acceptors (Lipinski definition) is 8. The van der Waals surface area contributed by atoms with Gasteiger partial charge in [-0.2, -0.15) is 10.4 Å². The predicted molar refractivity (Wildman–Crippen MR) is 134 cm³/mol. The van der Waals surface area contributed by atoms with Crippen LogP contribution in [0, 0.1) is 11.3 Å². The van der Waals surface area contributed by atoms with E-state index in [2.05, 4.69) is 22.6 Å². The molecule has 2 N–H and O–H groups in total. The Hall–Kier alpha value is -4.23. The summed E-state index contributed by atoms with van der Waals surface area (Å²) < 4.78 is 7.76. The number of rotatable bonds is 6. The van der Waals surface area contributed by atoms with Crippen molar-refractivity contribution in [3.05, 3.63) is 65.1 Å². The minimum atomic E-state index is -0.0803. The Morgan fingerprint density at radius 1 is 1.37 bits per heavy atom. The highest BCUT2D eigenvalue weighted by Crippen LogP contribution is 2.35. The van der Waals surface area contributed by atoms with Gasteiger partial charge in [-0.1, -0.05) is 12.6 Å². The SMILES string of the molecule is C=CC(=O)N1CCCC(n2nc(-c3csc(COc4cccc(C#N)c4)c3)c3c(N)ncnc32)C1. The Morgan fingerprint density at radius 3 is 3.09 bits per heavy atom. The van der Waals surface area contributed by atoms with Gasteiger partial charge in [0, 0.05) is 28.9 Å². The van der Waals surface area contributed by atoms with Crippen LogP contribution in [-0.2, 0) is 11.4 Å². The van der Waals surface area contributed by atoms with Crippen LogP contribution in [-0.4, -0.2) is 43.6 Å². The molecule has 3 aromatic heterocycles. The zero-order valence-corrected chi connectivity index (χ0v) is 19.7. The van der Waals surface area contributed by atoms with Crippen molar-refractivity contribution < 1.29 is 9.53 Å². The standard InChI is InChI=1S/C25H23N7O2S/c1-2-21(33)31-8-4-6-18(12-31)32-25-22(24(27)28-15-29-25)23(30-32)17-10-20(35-14-17)13-34-19-7-3-5-16(9-19)11-26/h2-3,5,7,9-10,14-15,18H,1,4,6,8,12-13H2,(H2,27,28,29). The molecule has 1 aromatic carbocycles. The number of hydrogen-bond donors (Lipinski definition) is 1. The number of benzene rings is 1. The molecule has 5 rings (SSSR count). The van der Waals surface area contributed by atoms with E-state index in [0.717, 1.165) is 23.3 Å². The molecular weight excluding hydrogens is 462 g/mol. The molecule has 4 aromatic rings. The van der Waals surface area contributed by atoms with Gasteiger partial charge in [0.15, 0.2) is 5.65 Å². The fraction of sp³-hybridized carbons (Fsp3) is 0.240. The summed E-state index contributed by atoms with van der Waals surface area (Å²) in [5.74, 6) is 0.925. The molecule has 0 saturated carbocycles. The van der Waals surface area contributed by atoms with Crippen LogP contribution >= 0.6 is 11.3 Å². The number of piperidine rings is 1. The summed E-state index contributed by atoms with van der Waals surface area (Å²) in [6, 6.07) is 11.2. The molecule has 1 fully saturated rings. The number of nitriles is 1. The van der Waals surface area contributed by atoms with Crippen LogP contribution in [0.1, 0.15) is 29.3 Å². The highest BCUT2D eigenvalue weighted by atomic mass is 32.1. The number of nitrogen functional groups attached to an aromatic ring is 1. The van der Waals surface area contributed by atoms with Gasteiger partial charge in [0.2, 0.25) is 5.91 Å². The smallest absolute Gasteiger partial charge is 0.246 e. The summed E-state index contributed by atoms with van der Waals surface area (Å²) in [7, 11) is 0. The molecule has 176 valence electrons. The normalized spacial score (nSPS) is 15.6. The highest BCUT2D eigenvalue weighted by Gasteiger charge is 2.28. The fourth-order valence-corrected chi connectivity index (χ4v) is 5.11. The fourth-order valence-electron chi connectivity index (χ4n) is 4.33. The third-order valence-electron chi connectivity index (χ3n) is 6.02. The maximum Gasteiger partial charge on any atom is 0.246 e. The van der Waals surface area contributed by atoms with E-state index in [0.29, 0.717) is 53.6 Å². The summed E-state index contributed by atoms with van der Waals surface area (Å²) in [4.78, 5) is 23.7. The first-order valence-corrected chi connectivity index (χ1v) is 12.1. The van der Waals surface area contributed by atoms with Crippen LogP contribution in [0.2, 0.25) is 0 Å². The minimum absolute atomic E-state index is 0.0212. The Morgan fingerprint density at radius 2 is 2.26 bits per heavy atom. The average molecular weight is 486 g/mol. The van der Waals surface area contributed by atoms with Crippen LogP contribution in [0.3, 0.4) is 0 Å². The molecule has 1 aliphatic heterocycles. The molecule has 35 heavy (non-hydrogen) atoms. The minimum Gasteiger partial charge on any atom is -0.488 e. The maximum atomic E-state index is 12.2. The van der Waals surface area contributed by atoms with Crippen LogP contribution in [0.15, 0.2) is 54.7 Å². The number of carbonyl (C=O) groups excluding carboxylic acids is 1. The average Bonchev–Trinajstić information content (AvgIpc) is 3.53. The third kappa shape index (κ3) is 4.46. The molecule has 10 heteroatoms. The molecule has 0 spiro atoms. The summed E-state index contributed by atoms with van der Waals surface area (Å²) in [6.45, 7) is 5.22. The first-order valence-electron chi connectivity index (χ1n) is 11.2. The molecule has 1 unspecified atom stereocenters. The second-order valence-electron chi connectivity index (χ2n) is 8.27. The first kappa shape index (κ1) is 22.6. The lowest BCUT2D eigenvalue weighted by Gasteiger charge is -2.32. The monoisotopic (exact) mass is 485 g/mol. The number of thiophene rings is 1. The molecule has 1 saturated heterocycles. The van der Waals surface area contributed by atoms with E-state index in [9.17, 15) is 4.79 Å². The molecule has 0 aliphatic carbocycles. The second kappa shape index (κ2) is 9.56. The van der Waals surface area contributed by atoms with Gasteiger partial charge >= 0.3 is 0 Å². The summed E-state index contributed by atoms with van der Waals surface area (Å²) >= 11 is 1.56. The number of likely N-dealkylation sites (tertiary alicyclic amines) is 1. The first-order chi connectivity index (χ1) is 17.1. The van der Waals surface area contributed by atoms with Gasteiger partial charge in [-0.25, -0.2) is 14.6 Å². The number of nitrogens with two attached hydrogens (primary N) is 1. The van der Waals surface area contributed by atoms with Crippen molar-refractivity contribution in [1.29, 1.82) is 5.26 Å². The number of anilines is 1. The summed E-state index contributed by atoms with van der Waals surface area (Å²) in [6.07, 6.45) is 4.54. The van der Waals surface area contributed by atoms with E-state index >= 15 is 0 Å². The van der Waals surface area contributed by atoms with E-state index in [1.165, 1.54) is 12.4 Å². The van der Waals surface area contributed by atoms with Gasteiger partial charge in [0.1, 0.15) is 30.2 Å². The molecule has 9 nitrogen and oxygen atoms in total. The number of ether oxygens (including phenoxy) is 1. The van der Waals surface area contributed by atoms with Gasteiger partial charge < -0.3 is 15.4 Å². The lowest BCUT2D eigenvalue weighted by Crippen LogP contribution is -2.40. The van der Waals surface area contributed by atoms with Crippen molar-refractivity contribution in [1.82, 2.24) is 24.6 Å². The van der Waals surface area contributed by atoms with Crippen molar-refractivity contribution in [3.63, 3.8) is 0 Å². The molecule has 1 aliphatic rings. The Bertz CT molecular complexity index is 1450. The Labute approximate surface area is 206 Å². The van der Waals surface area contributed by atoms with E-state index in [1.807, 2.05) is 22.2 Å². The van der Waals surface area contributed by atoms with E-state index in [4.69, 9.17) is 20.8 Å². The molecule has 1 atom stereocenters. The van der Waals surface area contributed by atoms with Gasteiger partial charge in [0.25, 0.3) is 0 Å². The van der Waals surface area contributed by atoms with Crippen LogP contribution < -0.4 is 10.5 Å². The molecule has 0 radical (unpaired) electrons. The zero-order valence-electron chi connectivity index (χ0n) is 18.9. The van der Waals surface area contributed by atoms with E-state index < -0.39 is 0 Å². The van der Waals surface area contributed by atoms with Crippen molar-refractivity contribution in [2.75, 3.05) is 18.8 Å². The number of carbonyl (C=O) groups is 1. The van der Waals surface area contributed by atoms with Crippen LogP contribution in [0.4, 0.5) is 5.82 Å². The Balaban J connectivity index is 1.44.